The zero-order valence-corrected chi connectivity index (χ0v) is 22.3. The summed E-state index contributed by atoms with van der Waals surface area (Å²) in [5.41, 5.74) is 1.04. The highest BCUT2D eigenvalue weighted by Crippen LogP contribution is 2.30. The average molecular weight is 513 g/mol. The number of ether oxygens (including phenoxy) is 3. The molecule has 1 amide bonds. The maximum atomic E-state index is 13.9. The van der Waals surface area contributed by atoms with Crippen molar-refractivity contribution in [3.63, 3.8) is 0 Å². The zero-order valence-electron chi connectivity index (χ0n) is 21.5. The number of pyridine rings is 1. The minimum atomic E-state index is -0.556. The van der Waals surface area contributed by atoms with Gasteiger partial charge in [-0.3, -0.25) is 9.36 Å². The molecule has 1 saturated heterocycles. The molecule has 0 spiro atoms. The van der Waals surface area contributed by atoms with Gasteiger partial charge in [0.2, 0.25) is 0 Å². The Bertz CT molecular complexity index is 1310. The van der Waals surface area contributed by atoms with Crippen molar-refractivity contribution in [3.8, 4) is 22.6 Å². The molecule has 1 aliphatic rings. The lowest BCUT2D eigenvalue weighted by Crippen LogP contribution is -2.36. The summed E-state index contributed by atoms with van der Waals surface area (Å²) in [7, 11) is 3.15. The molecule has 36 heavy (non-hydrogen) atoms. The molecule has 0 aliphatic carbocycles. The van der Waals surface area contributed by atoms with Gasteiger partial charge in [0.1, 0.15) is 22.7 Å². The first kappa shape index (κ1) is 25.8. The fraction of sp³-hybridized carbons (Fsp3) is 0.462. The van der Waals surface area contributed by atoms with Crippen molar-refractivity contribution in [3.05, 3.63) is 40.8 Å². The molecule has 1 fully saturated rings. The first-order valence-corrected chi connectivity index (χ1v) is 13.0. The van der Waals surface area contributed by atoms with Gasteiger partial charge in [-0.05, 0) is 63.1 Å². The quantitative estimate of drug-likeness (QED) is 0.353. The van der Waals surface area contributed by atoms with Crippen molar-refractivity contribution in [2.75, 3.05) is 33.6 Å². The van der Waals surface area contributed by atoms with Gasteiger partial charge in [-0.1, -0.05) is 11.8 Å². The van der Waals surface area contributed by atoms with E-state index in [-0.39, 0.29) is 17.6 Å². The molecule has 0 saturated carbocycles. The smallest absolute Gasteiger partial charge is 0.410 e. The molecule has 0 bridgehead atoms. The van der Waals surface area contributed by atoms with Crippen molar-refractivity contribution in [2.45, 2.75) is 44.5 Å². The molecule has 1 aromatic carbocycles. The summed E-state index contributed by atoms with van der Waals surface area (Å²) < 4.78 is 18.1. The standard InChI is InChI=1S/C26H32N4O5S/c1-26(2,3)35-25(32)29-8-7-16(14-29)15-30-22-18(13-27-24(28-22)36-6)11-21(23(30)31)17-9-19(33-4)12-20(10-17)34-5/h9-13,16H,7-8,14-15H2,1-6H3. The number of benzene rings is 1. The Hall–Kier alpha value is -3.27. The third kappa shape index (κ3) is 5.59. The Morgan fingerprint density at radius 1 is 1.14 bits per heavy atom. The Morgan fingerprint density at radius 3 is 2.44 bits per heavy atom. The largest absolute Gasteiger partial charge is 0.497 e. The third-order valence-corrected chi connectivity index (χ3v) is 6.59. The number of hydrogen-bond donors (Lipinski definition) is 0. The van der Waals surface area contributed by atoms with Crippen LogP contribution in [-0.2, 0) is 11.3 Å². The van der Waals surface area contributed by atoms with Gasteiger partial charge in [0, 0.05) is 42.8 Å². The fourth-order valence-corrected chi connectivity index (χ4v) is 4.65. The molecule has 0 N–H and O–H groups in total. The van der Waals surface area contributed by atoms with E-state index in [0.29, 0.717) is 53.1 Å². The Balaban J connectivity index is 1.75. The SMILES string of the molecule is COc1cc(OC)cc(-c2cc3cnc(SC)nc3n(CC3CCN(C(=O)OC(C)(C)C)C3)c2=O)c1. The summed E-state index contributed by atoms with van der Waals surface area (Å²) in [5, 5.41) is 1.35. The number of thioether (sulfide) groups is 1. The van der Waals surface area contributed by atoms with E-state index in [1.54, 1.807) is 35.9 Å². The van der Waals surface area contributed by atoms with E-state index in [0.717, 1.165) is 11.8 Å². The second kappa shape index (κ2) is 10.4. The molecule has 192 valence electrons. The maximum absolute atomic E-state index is 13.9. The molecule has 9 nitrogen and oxygen atoms in total. The van der Waals surface area contributed by atoms with Crippen LogP contribution in [0.1, 0.15) is 27.2 Å². The van der Waals surface area contributed by atoms with E-state index in [4.69, 9.17) is 14.2 Å². The van der Waals surface area contributed by atoms with Crippen LogP contribution < -0.4 is 15.0 Å². The summed E-state index contributed by atoms with van der Waals surface area (Å²) in [6.45, 7) is 7.09. The number of likely N-dealkylation sites (tertiary alicyclic amines) is 1. The van der Waals surface area contributed by atoms with Gasteiger partial charge in [-0.15, -0.1) is 0 Å². The summed E-state index contributed by atoms with van der Waals surface area (Å²) in [6, 6.07) is 7.20. The lowest BCUT2D eigenvalue weighted by atomic mass is 10.0. The van der Waals surface area contributed by atoms with Crippen molar-refractivity contribution in [2.24, 2.45) is 5.92 Å². The molecule has 0 radical (unpaired) electrons. The second-order valence-electron chi connectivity index (χ2n) is 9.79. The van der Waals surface area contributed by atoms with Crippen molar-refractivity contribution < 1.29 is 19.0 Å². The zero-order chi connectivity index (χ0) is 26.0. The fourth-order valence-electron chi connectivity index (χ4n) is 4.31. The van der Waals surface area contributed by atoms with Crippen LogP contribution in [0.25, 0.3) is 22.2 Å². The monoisotopic (exact) mass is 512 g/mol. The number of aromatic nitrogens is 3. The van der Waals surface area contributed by atoms with Gasteiger partial charge >= 0.3 is 6.09 Å². The highest BCUT2D eigenvalue weighted by Gasteiger charge is 2.30. The predicted octanol–water partition coefficient (Wildman–Crippen LogP) is 4.45. The summed E-state index contributed by atoms with van der Waals surface area (Å²) in [4.78, 5) is 37.2. The molecule has 4 rings (SSSR count). The van der Waals surface area contributed by atoms with Crippen LogP contribution in [0.3, 0.4) is 0 Å². The minimum Gasteiger partial charge on any atom is -0.497 e. The van der Waals surface area contributed by atoms with Crippen LogP contribution in [0.2, 0.25) is 0 Å². The molecule has 1 atom stereocenters. The number of nitrogens with zero attached hydrogens (tertiary/aromatic N) is 4. The van der Waals surface area contributed by atoms with Gasteiger partial charge in [-0.25, -0.2) is 14.8 Å². The summed E-state index contributed by atoms with van der Waals surface area (Å²) in [5.74, 6) is 1.27. The van der Waals surface area contributed by atoms with Gasteiger partial charge in [0.05, 0.1) is 14.2 Å². The Kier molecular flexibility index (Phi) is 7.44. The van der Waals surface area contributed by atoms with Crippen molar-refractivity contribution in [1.82, 2.24) is 19.4 Å². The van der Waals surface area contributed by atoms with Crippen LogP contribution in [0.4, 0.5) is 4.79 Å². The first-order valence-electron chi connectivity index (χ1n) is 11.8. The maximum Gasteiger partial charge on any atom is 0.410 e. The number of rotatable bonds is 6. The lowest BCUT2D eigenvalue weighted by molar-refractivity contribution is 0.0287. The Labute approximate surface area is 214 Å². The molecular weight excluding hydrogens is 480 g/mol. The van der Waals surface area contributed by atoms with Crippen LogP contribution in [-0.4, -0.2) is 64.7 Å². The number of methoxy groups -OCH3 is 2. The molecule has 2 aromatic heterocycles. The normalized spacial score (nSPS) is 15.8. The molecule has 3 aromatic rings. The van der Waals surface area contributed by atoms with E-state index in [1.165, 1.54) is 11.8 Å². The minimum absolute atomic E-state index is 0.0845. The molecule has 10 heteroatoms. The highest BCUT2D eigenvalue weighted by atomic mass is 32.2. The Morgan fingerprint density at radius 2 is 1.83 bits per heavy atom. The van der Waals surface area contributed by atoms with Crippen molar-refractivity contribution >= 4 is 28.9 Å². The van der Waals surface area contributed by atoms with Crippen molar-refractivity contribution in [1.29, 1.82) is 0 Å². The van der Waals surface area contributed by atoms with Crippen LogP contribution in [0.15, 0.2) is 40.4 Å². The van der Waals surface area contributed by atoms with Gasteiger partial charge in [0.25, 0.3) is 5.56 Å². The first-order chi connectivity index (χ1) is 17.1. The predicted molar refractivity (Wildman–Crippen MR) is 140 cm³/mol. The van der Waals surface area contributed by atoms with Crippen LogP contribution >= 0.6 is 11.8 Å². The summed E-state index contributed by atoms with van der Waals surface area (Å²) >= 11 is 1.42. The molecular formula is C26H32N4O5S. The number of carbonyl (C=O) groups excluding carboxylic acids is 1. The topological polar surface area (TPSA) is 95.8 Å². The van der Waals surface area contributed by atoms with E-state index in [9.17, 15) is 9.59 Å². The number of fused-ring (bicyclic) bond motifs is 1. The second-order valence-corrected chi connectivity index (χ2v) is 10.6. The summed E-state index contributed by atoms with van der Waals surface area (Å²) in [6.07, 6.45) is 4.08. The molecule has 1 aliphatic heterocycles. The van der Waals surface area contributed by atoms with E-state index in [2.05, 4.69) is 9.97 Å². The van der Waals surface area contributed by atoms with E-state index < -0.39 is 5.60 Å². The van der Waals surface area contributed by atoms with E-state index >= 15 is 0 Å². The molecule has 1 unspecified atom stereocenters. The molecule has 3 heterocycles. The lowest BCUT2D eigenvalue weighted by Gasteiger charge is -2.24. The van der Waals surface area contributed by atoms with Crippen LogP contribution in [0, 0.1) is 5.92 Å². The van der Waals surface area contributed by atoms with Gasteiger partial charge < -0.3 is 19.1 Å². The van der Waals surface area contributed by atoms with Gasteiger partial charge in [0.15, 0.2) is 5.16 Å². The van der Waals surface area contributed by atoms with Gasteiger partial charge in [-0.2, -0.15) is 0 Å². The van der Waals surface area contributed by atoms with Crippen LogP contribution in [0.5, 0.6) is 11.5 Å². The van der Waals surface area contributed by atoms with E-state index in [1.807, 2.05) is 45.2 Å². The number of hydrogen-bond acceptors (Lipinski definition) is 8. The number of amides is 1. The average Bonchev–Trinajstić information content (AvgIpc) is 3.32. The third-order valence-electron chi connectivity index (χ3n) is 6.03. The number of carbonyl (C=O) groups is 1. The highest BCUT2D eigenvalue weighted by molar-refractivity contribution is 7.98.